The average Bonchev–Trinajstić information content (AvgIpc) is 1.61. The molecule has 4 aliphatic rings. The Bertz CT molecular complexity index is 4520. The Balaban J connectivity index is 0.835. The highest BCUT2D eigenvalue weighted by Gasteiger charge is 2.48. The van der Waals surface area contributed by atoms with Gasteiger partial charge in [0, 0.05) is 114 Å². The van der Waals surface area contributed by atoms with Crippen LogP contribution in [0.15, 0.2) is 162 Å². The van der Waals surface area contributed by atoms with Crippen molar-refractivity contribution in [2.45, 2.75) is 153 Å². The van der Waals surface area contributed by atoms with Gasteiger partial charge in [-0.3, -0.25) is 23.2 Å². The van der Waals surface area contributed by atoms with Gasteiger partial charge in [0.25, 0.3) is 30.4 Å². The van der Waals surface area contributed by atoms with Crippen molar-refractivity contribution in [2.24, 2.45) is 0 Å². The number of carboxylic acid groups (broad SMARTS) is 1. The third-order valence-corrected chi connectivity index (χ3v) is 21.7. The van der Waals surface area contributed by atoms with Crippen molar-refractivity contribution in [3.63, 3.8) is 0 Å². The third kappa shape index (κ3) is 14.4. The Morgan fingerprint density at radius 2 is 1.05 bits per heavy atom. The van der Waals surface area contributed by atoms with E-state index in [1.54, 1.807) is 6.07 Å². The summed E-state index contributed by atoms with van der Waals surface area (Å²) in [5, 5.41) is 17.0. The van der Waals surface area contributed by atoms with Gasteiger partial charge < -0.3 is 20.2 Å². The van der Waals surface area contributed by atoms with Crippen LogP contribution in [0, 0.1) is 0 Å². The molecule has 492 valence electrons. The van der Waals surface area contributed by atoms with Crippen LogP contribution in [0.25, 0.3) is 21.5 Å². The van der Waals surface area contributed by atoms with Crippen LogP contribution in [0.5, 0.6) is 0 Å². The molecule has 5 N–H and O–H groups in total. The van der Waals surface area contributed by atoms with E-state index in [4.69, 9.17) is 0 Å². The molecule has 93 heavy (non-hydrogen) atoms. The lowest BCUT2D eigenvalue weighted by Gasteiger charge is -2.27. The number of rotatable bonds is 27. The molecule has 0 fully saturated rings. The number of hydrogen-bond donors (Lipinski definition) is 5. The van der Waals surface area contributed by atoms with Gasteiger partial charge in [0.1, 0.15) is 13.1 Å². The van der Waals surface area contributed by atoms with Crippen molar-refractivity contribution in [2.75, 3.05) is 47.5 Å². The number of fused-ring (bicyclic) bond motifs is 8. The molecule has 0 aliphatic carbocycles. The van der Waals surface area contributed by atoms with Gasteiger partial charge in [-0.05, 0) is 141 Å². The van der Waals surface area contributed by atoms with Gasteiger partial charge >= 0.3 is 5.97 Å². The summed E-state index contributed by atoms with van der Waals surface area (Å²) in [4.78, 5) is 29.2. The van der Waals surface area contributed by atoms with Gasteiger partial charge in [-0.25, -0.2) is 0 Å². The number of amides is 1. The lowest BCUT2D eigenvalue weighted by molar-refractivity contribution is -0.438. The van der Waals surface area contributed by atoms with Crippen molar-refractivity contribution in [3.8, 4) is 0 Å². The van der Waals surface area contributed by atoms with Crippen molar-refractivity contribution < 1.29 is 62.8 Å². The Morgan fingerprint density at radius 1 is 0.516 bits per heavy atom. The maximum atomic E-state index is 13.7. The maximum Gasteiger partial charge on any atom is 0.303 e. The summed E-state index contributed by atoms with van der Waals surface area (Å²) in [6.07, 6.45) is 17.4. The fraction of sp³-hybridized carbons (Fsp3) is 0.397. The molecule has 17 nitrogen and oxygen atoms in total. The number of benzene rings is 6. The molecule has 0 aromatic heterocycles. The van der Waals surface area contributed by atoms with E-state index in [0.717, 1.165) is 86.9 Å². The molecule has 6 aromatic carbocycles. The normalized spacial score (nSPS) is 18.1. The summed E-state index contributed by atoms with van der Waals surface area (Å²) in [6.45, 7) is 19.4. The Morgan fingerprint density at radius 3 is 1.71 bits per heavy atom. The zero-order valence-corrected chi connectivity index (χ0v) is 56.9. The molecule has 4 heterocycles. The molecular weight excluding hydrogens is 1240 g/mol. The first-order valence-corrected chi connectivity index (χ1v) is 36.8. The van der Waals surface area contributed by atoms with Gasteiger partial charge in [0.15, 0.2) is 11.4 Å². The number of nitrogens with one attached hydrogen (secondary N) is 1. The smallest absolute Gasteiger partial charge is 0.303 e. The molecule has 0 spiro atoms. The molecular formula is C73H87N5O12S3+2. The fourth-order valence-electron chi connectivity index (χ4n) is 14.7. The van der Waals surface area contributed by atoms with Gasteiger partial charge in [0.2, 0.25) is 17.3 Å². The monoisotopic (exact) mass is 1320 g/mol. The highest BCUT2D eigenvalue weighted by atomic mass is 32.2. The number of aliphatic carboxylic acids is 1. The number of carboxylic acids is 1. The van der Waals surface area contributed by atoms with Gasteiger partial charge in [-0.2, -0.15) is 34.4 Å². The summed E-state index contributed by atoms with van der Waals surface area (Å²) in [5.41, 5.74) is 10.6. The molecule has 10 rings (SSSR count). The number of carbonyl (C=O) groups excluding carboxylic acids is 1. The molecule has 0 unspecified atom stereocenters. The van der Waals surface area contributed by atoms with Crippen LogP contribution in [0.4, 0.5) is 22.7 Å². The zero-order valence-electron chi connectivity index (χ0n) is 54.4. The van der Waals surface area contributed by atoms with Crippen molar-refractivity contribution >= 4 is 97.9 Å². The summed E-state index contributed by atoms with van der Waals surface area (Å²) in [6, 6.07) is 36.0. The summed E-state index contributed by atoms with van der Waals surface area (Å²) in [5.74, 6) is -1.69. The van der Waals surface area contributed by atoms with Gasteiger partial charge in [-0.1, -0.05) is 113 Å². The minimum absolute atomic E-state index is 0.0563. The van der Waals surface area contributed by atoms with Crippen molar-refractivity contribution in [3.05, 3.63) is 185 Å². The number of hydrogen-bond acceptors (Lipinski definition) is 10. The molecule has 1 amide bonds. The Kier molecular flexibility index (Phi) is 19.6. The second-order valence-electron chi connectivity index (χ2n) is 27.1. The van der Waals surface area contributed by atoms with E-state index < -0.39 is 58.3 Å². The second-order valence-corrected chi connectivity index (χ2v) is 31.7. The first-order valence-electron chi connectivity index (χ1n) is 32.1. The lowest BCUT2D eigenvalue weighted by atomic mass is 9.79. The number of anilines is 2. The lowest BCUT2D eigenvalue weighted by Crippen LogP contribution is -2.29. The van der Waals surface area contributed by atoms with E-state index in [9.17, 15) is 53.6 Å². The SMILES string of the molecule is CC1(C)C(=CC=CC2=[N+](CCCCCC(=O)O)c3ccc(S(=O)(=O)O)cc3C2(C)C)N(CCCS(=O)(=O)O)c2ccc(CNC(=O)CCCCCN3C(=CC=CC4=[N+](CCCS(=O)(=O)O)c5ccc6ccccc6c5C4(C)C)C(C)(C)c4c3ccc3ccccc43)cc21. The minimum atomic E-state index is -4.49. The summed E-state index contributed by atoms with van der Waals surface area (Å²) < 4.78 is 106. The first-order chi connectivity index (χ1) is 43.8. The summed E-state index contributed by atoms with van der Waals surface area (Å²) >= 11 is 0. The quantitative estimate of drug-likeness (QED) is 0.0183. The predicted molar refractivity (Wildman–Crippen MR) is 370 cm³/mol. The van der Waals surface area contributed by atoms with E-state index in [1.807, 2.05) is 56.3 Å². The average molecular weight is 1320 g/mol. The molecule has 20 heteroatoms. The predicted octanol–water partition coefficient (Wildman–Crippen LogP) is 13.5. The molecule has 4 aliphatic heterocycles. The van der Waals surface area contributed by atoms with Crippen LogP contribution in [-0.2, 0) is 68.1 Å². The molecule has 0 atom stereocenters. The highest BCUT2D eigenvalue weighted by Crippen LogP contribution is 2.52. The van der Waals surface area contributed by atoms with Crippen LogP contribution in [0.1, 0.15) is 147 Å². The molecule has 0 saturated carbocycles. The fourth-order valence-corrected chi connectivity index (χ4v) is 16.2. The molecule has 0 radical (unpaired) electrons. The topological polar surface area (TPSA) is 242 Å². The van der Waals surface area contributed by atoms with Crippen LogP contribution < -0.4 is 15.1 Å². The number of carbonyl (C=O) groups is 2. The van der Waals surface area contributed by atoms with Crippen LogP contribution in [0.2, 0.25) is 0 Å². The first kappa shape index (κ1) is 68.3. The van der Waals surface area contributed by atoms with E-state index in [1.165, 1.54) is 34.0 Å². The second kappa shape index (κ2) is 26.7. The van der Waals surface area contributed by atoms with Gasteiger partial charge in [-0.15, -0.1) is 0 Å². The number of unbranched alkanes of at least 4 members (excludes halogenated alkanes) is 4. The zero-order chi connectivity index (χ0) is 67.1. The molecule has 6 aromatic rings. The van der Waals surface area contributed by atoms with Crippen LogP contribution >= 0.6 is 0 Å². The highest BCUT2D eigenvalue weighted by molar-refractivity contribution is 7.86. The Labute approximate surface area is 547 Å². The van der Waals surface area contributed by atoms with E-state index in [-0.39, 0.29) is 47.8 Å². The van der Waals surface area contributed by atoms with Crippen LogP contribution in [0.3, 0.4) is 0 Å². The van der Waals surface area contributed by atoms with Crippen molar-refractivity contribution in [1.82, 2.24) is 5.32 Å². The molecule has 0 saturated heterocycles. The Hall–Kier alpha value is -7.59. The van der Waals surface area contributed by atoms with Crippen LogP contribution in [-0.4, -0.2) is 114 Å². The van der Waals surface area contributed by atoms with Gasteiger partial charge in [0.05, 0.1) is 27.2 Å². The standard InChI is InChI=1S/C73H85N5O12S3/c1-70(2)56-47-50(33-37-58(56)76(43-21-45-91(82,83)84)62(70)27-19-28-63-71(3,4)57-48-53(93(88,89)90)36-40-59(57)75(63)41-18-10-12-32-67(80)81)49-74-66(79)31-11-9-17-42-77-60-38-34-51-23-13-15-25-54(51)68(60)72(5,6)64(77)29-20-30-65-73(7,8)69-55-26-16-14-24-52(55)35-39-61(69)78(65)44-22-46-92(85,86)87/h13-16,19-20,23-30,33-40,47-48H,9-12,17-18,21-22,31-32,41-46,49H2,1-8H3,(H3-2,74,79,80,81,82,83,84,85,86,87,88,89,90)/p+2. The minimum Gasteiger partial charge on any atom is -0.481 e. The summed E-state index contributed by atoms with van der Waals surface area (Å²) in [7, 11) is -12.9. The van der Waals surface area contributed by atoms with E-state index in [0.29, 0.717) is 57.3 Å². The maximum absolute atomic E-state index is 13.7. The van der Waals surface area contributed by atoms with Crippen molar-refractivity contribution in [1.29, 1.82) is 0 Å². The number of allylic oxidation sites excluding steroid dienone is 8. The largest absolute Gasteiger partial charge is 0.481 e. The van der Waals surface area contributed by atoms with E-state index >= 15 is 0 Å². The van der Waals surface area contributed by atoms with E-state index in [2.05, 4.69) is 151 Å². The number of nitrogens with zero attached hydrogens (tertiary/aromatic N) is 4. The molecule has 0 bridgehead atoms. The third-order valence-electron chi connectivity index (χ3n) is 19.3.